The number of rotatable bonds is 9. The van der Waals surface area contributed by atoms with Crippen LogP contribution in [-0.2, 0) is 29.2 Å². The number of amides is 1. The molecule has 5 aromatic rings. The molecule has 0 saturated carbocycles. The fourth-order valence-corrected chi connectivity index (χ4v) is 6.15. The molecule has 4 aromatic carbocycles. The first-order valence-electron chi connectivity index (χ1n) is 15.3. The minimum absolute atomic E-state index is 0.0945. The Morgan fingerprint density at radius 2 is 1.48 bits per heavy atom. The highest BCUT2D eigenvalue weighted by Crippen LogP contribution is 2.43. The lowest BCUT2D eigenvalue weighted by Crippen LogP contribution is -2.39. The highest BCUT2D eigenvalue weighted by Gasteiger charge is 2.39. The average Bonchev–Trinajstić information content (AvgIpc) is 3.45. The molecule has 0 aliphatic carbocycles. The van der Waals surface area contributed by atoms with Crippen LogP contribution >= 0.6 is 23.2 Å². The Kier molecular flexibility index (Phi) is 10.6. The van der Waals surface area contributed by atoms with Crippen molar-refractivity contribution >= 4 is 29.1 Å². The standard InChI is InChI=1S/C36H28Cl2F5N3O4/c1-18-25(15-46-17-45-33(37)34(46)38)49-36(50-32(18)21-8-6-19(16-47)7-9-21)22-12-10-20(11-13-22)24-5-3-2-4-23(24)14-44-35(48)26-27(39)29(41)31(43)30(42)28(26)40/h2-13,17-18,25,32,36,47H,14-16H2,1H3,(H,44,48)/t18-,25+,32+,36+/m0/s1. The van der Waals surface area contributed by atoms with Gasteiger partial charge in [-0.2, -0.15) is 0 Å². The van der Waals surface area contributed by atoms with E-state index in [1.54, 1.807) is 41.0 Å². The van der Waals surface area contributed by atoms with Crippen molar-refractivity contribution in [1.29, 1.82) is 0 Å². The summed E-state index contributed by atoms with van der Waals surface area (Å²) < 4.78 is 84.0. The van der Waals surface area contributed by atoms with E-state index in [-0.39, 0.29) is 35.5 Å². The van der Waals surface area contributed by atoms with Crippen LogP contribution in [0.1, 0.15) is 51.9 Å². The zero-order valence-electron chi connectivity index (χ0n) is 26.1. The van der Waals surface area contributed by atoms with Gasteiger partial charge in [0.1, 0.15) is 10.7 Å². The molecule has 1 saturated heterocycles. The number of benzene rings is 4. The summed E-state index contributed by atoms with van der Waals surface area (Å²) in [6, 6.07) is 21.5. The van der Waals surface area contributed by atoms with E-state index in [0.29, 0.717) is 28.8 Å². The normalized spacial score (nSPS) is 19.1. The molecule has 1 aliphatic heterocycles. The van der Waals surface area contributed by atoms with Crippen LogP contribution in [0.5, 0.6) is 0 Å². The van der Waals surface area contributed by atoms with E-state index >= 15 is 0 Å². The van der Waals surface area contributed by atoms with Crippen LogP contribution in [0.15, 0.2) is 79.1 Å². The third-order valence-corrected chi connectivity index (χ3v) is 9.39. The maximum Gasteiger partial charge on any atom is 0.257 e. The molecule has 0 spiro atoms. The number of carbonyl (C=O) groups excluding carboxylic acids is 1. The second-order valence-electron chi connectivity index (χ2n) is 11.7. The number of hydrogen-bond acceptors (Lipinski definition) is 5. The van der Waals surface area contributed by atoms with Crippen molar-refractivity contribution in [3.63, 3.8) is 0 Å². The molecule has 4 atom stereocenters. The largest absolute Gasteiger partial charge is 0.392 e. The first-order chi connectivity index (χ1) is 24.0. The minimum Gasteiger partial charge on any atom is -0.392 e. The summed E-state index contributed by atoms with van der Waals surface area (Å²) in [5.74, 6) is -12.8. The molecule has 2 N–H and O–H groups in total. The van der Waals surface area contributed by atoms with Gasteiger partial charge in [0.15, 0.2) is 34.7 Å². The number of nitrogens with one attached hydrogen (secondary N) is 1. The summed E-state index contributed by atoms with van der Waals surface area (Å²) in [7, 11) is 0. The van der Waals surface area contributed by atoms with Crippen LogP contribution < -0.4 is 5.32 Å². The SMILES string of the molecule is C[C@H]1[C@@H](Cn2cnc(Cl)c2Cl)O[C@@H](c2ccc(-c3ccccc3CNC(=O)c3c(F)c(F)c(F)c(F)c3F)cc2)O[C@H]1c1ccc(CO)cc1. The summed E-state index contributed by atoms with van der Waals surface area (Å²) in [5.41, 5.74) is 2.63. The Morgan fingerprint density at radius 3 is 2.10 bits per heavy atom. The summed E-state index contributed by atoms with van der Waals surface area (Å²) in [4.78, 5) is 16.7. The monoisotopic (exact) mass is 731 g/mol. The van der Waals surface area contributed by atoms with Crippen molar-refractivity contribution < 1.29 is 41.3 Å². The maximum absolute atomic E-state index is 14.2. The van der Waals surface area contributed by atoms with E-state index in [0.717, 1.165) is 11.1 Å². The Bertz CT molecular complexity index is 2000. The van der Waals surface area contributed by atoms with E-state index in [2.05, 4.69) is 10.3 Å². The molecule has 0 unspecified atom stereocenters. The number of halogens is 7. The lowest BCUT2D eigenvalue weighted by atomic mass is 9.90. The number of aliphatic hydroxyl groups excluding tert-OH is 1. The van der Waals surface area contributed by atoms with Crippen LogP contribution in [-0.4, -0.2) is 26.7 Å². The van der Waals surface area contributed by atoms with Gasteiger partial charge in [-0.1, -0.05) is 103 Å². The van der Waals surface area contributed by atoms with Gasteiger partial charge >= 0.3 is 0 Å². The molecule has 1 amide bonds. The first-order valence-corrected chi connectivity index (χ1v) is 16.1. The van der Waals surface area contributed by atoms with E-state index in [9.17, 15) is 31.9 Å². The zero-order valence-corrected chi connectivity index (χ0v) is 27.7. The molecule has 1 aliphatic rings. The lowest BCUT2D eigenvalue weighted by molar-refractivity contribution is -0.276. The molecule has 6 rings (SSSR count). The Labute approximate surface area is 293 Å². The highest BCUT2D eigenvalue weighted by molar-refractivity contribution is 6.40. The van der Waals surface area contributed by atoms with Crippen LogP contribution in [0.4, 0.5) is 22.0 Å². The number of hydrogen-bond donors (Lipinski definition) is 2. The van der Waals surface area contributed by atoms with Gasteiger partial charge in [0.25, 0.3) is 5.91 Å². The molecule has 1 aromatic heterocycles. The zero-order chi connectivity index (χ0) is 35.7. The molecule has 14 heteroatoms. The second kappa shape index (κ2) is 14.9. The second-order valence-corrected chi connectivity index (χ2v) is 12.4. The molecule has 0 bridgehead atoms. The van der Waals surface area contributed by atoms with Crippen molar-refractivity contribution in [2.24, 2.45) is 5.92 Å². The van der Waals surface area contributed by atoms with Gasteiger partial charge in [0.05, 0.1) is 31.7 Å². The topological polar surface area (TPSA) is 85.6 Å². The predicted octanol–water partition coefficient (Wildman–Crippen LogP) is 8.47. The van der Waals surface area contributed by atoms with Crippen LogP contribution in [0.3, 0.4) is 0 Å². The summed E-state index contributed by atoms with van der Waals surface area (Å²) in [6.07, 6.45) is -0.0538. The highest BCUT2D eigenvalue weighted by atomic mass is 35.5. The minimum atomic E-state index is -2.35. The third-order valence-electron chi connectivity index (χ3n) is 8.62. The molecule has 260 valence electrons. The predicted molar refractivity (Wildman–Crippen MR) is 174 cm³/mol. The van der Waals surface area contributed by atoms with Gasteiger partial charge < -0.3 is 24.5 Å². The number of imidazole rings is 1. The molecular formula is C36H28Cl2F5N3O4. The number of aromatic nitrogens is 2. The fourth-order valence-electron chi connectivity index (χ4n) is 5.84. The Morgan fingerprint density at radius 1 is 0.860 bits per heavy atom. The molecule has 1 fully saturated rings. The van der Waals surface area contributed by atoms with Gasteiger partial charge in [-0.15, -0.1) is 0 Å². The molecule has 2 heterocycles. The quantitative estimate of drug-likeness (QED) is 0.0903. The van der Waals surface area contributed by atoms with E-state index < -0.39 is 53.0 Å². The average molecular weight is 733 g/mol. The fraction of sp³-hybridized carbons (Fsp3) is 0.222. The molecule has 7 nitrogen and oxygen atoms in total. The summed E-state index contributed by atoms with van der Waals surface area (Å²) >= 11 is 12.5. The summed E-state index contributed by atoms with van der Waals surface area (Å²) in [5, 5.41) is 12.2. The van der Waals surface area contributed by atoms with E-state index in [1.807, 2.05) is 43.3 Å². The van der Waals surface area contributed by atoms with Crippen LogP contribution in [0, 0.1) is 35.0 Å². The van der Waals surface area contributed by atoms with Crippen molar-refractivity contribution in [2.75, 3.05) is 0 Å². The van der Waals surface area contributed by atoms with Crippen LogP contribution in [0.2, 0.25) is 10.3 Å². The maximum atomic E-state index is 14.2. The smallest absolute Gasteiger partial charge is 0.257 e. The number of aliphatic hydroxyl groups is 1. The molecule has 0 radical (unpaired) electrons. The van der Waals surface area contributed by atoms with E-state index in [1.165, 1.54) is 6.33 Å². The van der Waals surface area contributed by atoms with Gasteiger partial charge in [-0.3, -0.25) is 4.79 Å². The number of carbonyl (C=O) groups is 1. The van der Waals surface area contributed by atoms with Crippen molar-refractivity contribution in [1.82, 2.24) is 14.9 Å². The van der Waals surface area contributed by atoms with Crippen molar-refractivity contribution in [2.45, 2.75) is 45.1 Å². The first kappa shape index (κ1) is 35.5. The van der Waals surface area contributed by atoms with Gasteiger partial charge in [-0.05, 0) is 27.8 Å². The Balaban J connectivity index is 1.24. The summed E-state index contributed by atoms with van der Waals surface area (Å²) in [6.45, 7) is 1.97. The molecule has 50 heavy (non-hydrogen) atoms. The van der Waals surface area contributed by atoms with Crippen LogP contribution in [0.25, 0.3) is 11.1 Å². The molecular weight excluding hydrogens is 704 g/mol. The van der Waals surface area contributed by atoms with Gasteiger partial charge in [-0.25, -0.2) is 26.9 Å². The van der Waals surface area contributed by atoms with Gasteiger partial charge in [0.2, 0.25) is 5.82 Å². The number of ether oxygens (including phenoxy) is 2. The number of nitrogens with zero attached hydrogens (tertiary/aromatic N) is 2. The third kappa shape index (κ3) is 6.99. The Hall–Kier alpha value is -4.33. The van der Waals surface area contributed by atoms with Crippen molar-refractivity contribution in [3.05, 3.63) is 146 Å². The van der Waals surface area contributed by atoms with Crippen molar-refractivity contribution in [3.8, 4) is 11.1 Å². The lowest BCUT2D eigenvalue weighted by Gasteiger charge is -2.41. The van der Waals surface area contributed by atoms with Gasteiger partial charge in [0, 0.05) is 18.0 Å². The van der Waals surface area contributed by atoms with E-state index in [4.69, 9.17) is 32.7 Å².